The van der Waals surface area contributed by atoms with Gasteiger partial charge in [-0.05, 0) is 17.2 Å². The maximum absolute atomic E-state index is 14.7. The Labute approximate surface area is 196 Å². The first-order valence-electron chi connectivity index (χ1n) is 10.3. The monoisotopic (exact) mass is 492 g/mol. The summed E-state index contributed by atoms with van der Waals surface area (Å²) in [6, 6.07) is 16.5. The minimum atomic E-state index is -4.67. The molecule has 4 N–H and O–H groups in total. The number of nitrogens with two attached hydrogens (primary N) is 1. The average Bonchev–Trinajstić information content (AvgIpc) is 3.27. The topological polar surface area (TPSA) is 151 Å². The Hall–Kier alpha value is -3.32. The lowest BCUT2D eigenvalue weighted by Gasteiger charge is -2.27. The summed E-state index contributed by atoms with van der Waals surface area (Å²) in [4.78, 5) is 6.25. The number of nitrogens with zero attached hydrogens (tertiary/aromatic N) is 3. The highest BCUT2D eigenvalue weighted by atomic mass is 32.3. The summed E-state index contributed by atoms with van der Waals surface area (Å²) in [6.07, 6.45) is 0. The standard InChI is InChI=1S/C22H23FN4O2.H2O4S/c1-15(17-7-8-18(19(23)13-17)16-5-3-2-4-6-16)20-14-21(29-26-20)25-22(24)27-9-11-28-12-10-27;1-5(2,3)4/h2-8,13-15H,9-12H2,1H3,(H2,24,25);(H2,1,2,3,4). The van der Waals surface area contributed by atoms with Gasteiger partial charge in [-0.1, -0.05) is 54.5 Å². The summed E-state index contributed by atoms with van der Waals surface area (Å²) < 4.78 is 56.9. The lowest BCUT2D eigenvalue weighted by Crippen LogP contribution is -2.44. The zero-order chi connectivity index (χ0) is 24.7. The molecule has 0 amide bonds. The van der Waals surface area contributed by atoms with Gasteiger partial charge >= 0.3 is 10.4 Å². The van der Waals surface area contributed by atoms with Crippen LogP contribution in [-0.4, -0.2) is 59.8 Å². The maximum Gasteiger partial charge on any atom is 0.394 e. The number of morpholine rings is 1. The lowest BCUT2D eigenvalue weighted by molar-refractivity contribution is 0.0675. The van der Waals surface area contributed by atoms with Crippen LogP contribution in [0, 0.1) is 5.82 Å². The van der Waals surface area contributed by atoms with E-state index in [1.54, 1.807) is 18.2 Å². The summed E-state index contributed by atoms with van der Waals surface area (Å²) in [6.45, 7) is 4.59. The normalized spacial score (nSPS) is 15.4. The van der Waals surface area contributed by atoms with Crippen LogP contribution in [0.15, 0.2) is 64.1 Å². The molecule has 0 spiro atoms. The van der Waals surface area contributed by atoms with E-state index in [0.29, 0.717) is 49.4 Å². The largest absolute Gasteiger partial charge is 0.394 e. The van der Waals surface area contributed by atoms with Gasteiger partial charge in [-0.25, -0.2) is 4.39 Å². The van der Waals surface area contributed by atoms with Gasteiger partial charge in [-0.3, -0.25) is 9.11 Å². The third-order valence-electron chi connectivity index (χ3n) is 5.10. The van der Waals surface area contributed by atoms with Crippen LogP contribution in [-0.2, 0) is 15.1 Å². The van der Waals surface area contributed by atoms with Gasteiger partial charge in [0.05, 0.1) is 18.9 Å². The van der Waals surface area contributed by atoms with E-state index in [1.165, 1.54) is 0 Å². The second-order valence-electron chi connectivity index (χ2n) is 7.43. The molecule has 1 fully saturated rings. The molecule has 1 saturated heterocycles. The minimum Gasteiger partial charge on any atom is -0.378 e. The van der Waals surface area contributed by atoms with Gasteiger partial charge in [0.2, 0.25) is 0 Å². The molecule has 1 atom stereocenters. The Balaban J connectivity index is 0.000000588. The number of halogens is 1. The SMILES string of the molecule is CC(c1ccc(-c2ccccc2)c(F)c1)c1cc(N=C(N)N2CCOCC2)on1.O=S(=O)(O)O. The summed E-state index contributed by atoms with van der Waals surface area (Å²) >= 11 is 0. The molecule has 0 bridgehead atoms. The van der Waals surface area contributed by atoms with Crippen molar-refractivity contribution < 1.29 is 31.2 Å². The van der Waals surface area contributed by atoms with E-state index in [2.05, 4.69) is 10.1 Å². The van der Waals surface area contributed by atoms with Gasteiger partial charge in [0.15, 0.2) is 5.96 Å². The molecule has 1 aliphatic rings. The van der Waals surface area contributed by atoms with Gasteiger partial charge < -0.3 is 19.9 Å². The van der Waals surface area contributed by atoms with Crippen LogP contribution < -0.4 is 5.73 Å². The second kappa shape index (κ2) is 11.2. The van der Waals surface area contributed by atoms with Crippen molar-refractivity contribution in [2.24, 2.45) is 10.7 Å². The molecule has 3 aromatic rings. The minimum absolute atomic E-state index is 0.147. The number of aromatic nitrogens is 1. The number of rotatable bonds is 4. The summed E-state index contributed by atoms with van der Waals surface area (Å²) in [5.41, 5.74) is 8.96. The van der Waals surface area contributed by atoms with Crippen molar-refractivity contribution in [3.8, 4) is 11.1 Å². The third kappa shape index (κ3) is 7.35. The van der Waals surface area contributed by atoms with Crippen molar-refractivity contribution in [1.29, 1.82) is 0 Å². The zero-order valence-electron chi connectivity index (χ0n) is 18.3. The van der Waals surface area contributed by atoms with Crippen molar-refractivity contribution in [2.75, 3.05) is 26.3 Å². The molecule has 0 aliphatic carbocycles. The molecule has 0 saturated carbocycles. The number of ether oxygens (including phenoxy) is 1. The third-order valence-corrected chi connectivity index (χ3v) is 5.10. The van der Waals surface area contributed by atoms with Gasteiger partial charge in [0, 0.05) is 30.6 Å². The van der Waals surface area contributed by atoms with Crippen molar-refractivity contribution in [1.82, 2.24) is 10.1 Å². The fourth-order valence-corrected chi connectivity index (χ4v) is 3.33. The lowest BCUT2D eigenvalue weighted by atomic mass is 9.95. The number of aliphatic imine (C=N–C) groups is 1. The van der Waals surface area contributed by atoms with Gasteiger partial charge in [0.25, 0.3) is 5.88 Å². The highest BCUT2D eigenvalue weighted by Gasteiger charge is 2.18. The Morgan fingerprint density at radius 1 is 1.15 bits per heavy atom. The second-order valence-corrected chi connectivity index (χ2v) is 8.33. The molecule has 2 heterocycles. The summed E-state index contributed by atoms with van der Waals surface area (Å²) in [7, 11) is -4.67. The van der Waals surface area contributed by atoms with E-state index < -0.39 is 10.4 Å². The first kappa shape index (κ1) is 25.3. The molecule has 182 valence electrons. The van der Waals surface area contributed by atoms with E-state index >= 15 is 0 Å². The van der Waals surface area contributed by atoms with Crippen LogP contribution in [0.25, 0.3) is 11.1 Å². The fraction of sp³-hybridized carbons (Fsp3) is 0.273. The van der Waals surface area contributed by atoms with Crippen LogP contribution in [0.5, 0.6) is 0 Å². The Kier molecular flexibility index (Phi) is 8.34. The van der Waals surface area contributed by atoms with Crippen molar-refractivity contribution >= 4 is 22.2 Å². The smallest absolute Gasteiger partial charge is 0.378 e. The van der Waals surface area contributed by atoms with E-state index in [0.717, 1.165) is 11.1 Å². The van der Waals surface area contributed by atoms with E-state index in [-0.39, 0.29) is 11.7 Å². The Bertz CT molecular complexity index is 1220. The molecule has 1 aliphatic heterocycles. The molecule has 2 aromatic carbocycles. The van der Waals surface area contributed by atoms with Gasteiger partial charge in [-0.15, -0.1) is 0 Å². The van der Waals surface area contributed by atoms with Crippen molar-refractivity contribution in [3.05, 3.63) is 71.7 Å². The Morgan fingerprint density at radius 2 is 1.79 bits per heavy atom. The number of hydrogen-bond donors (Lipinski definition) is 3. The van der Waals surface area contributed by atoms with E-state index in [9.17, 15) is 4.39 Å². The molecular formula is C22H25FN4O6S. The number of hydrogen-bond acceptors (Lipinski definition) is 6. The highest BCUT2D eigenvalue weighted by molar-refractivity contribution is 7.79. The molecule has 4 rings (SSSR count). The molecule has 12 heteroatoms. The fourth-order valence-electron chi connectivity index (χ4n) is 3.33. The molecule has 10 nitrogen and oxygen atoms in total. The first-order chi connectivity index (χ1) is 16.1. The van der Waals surface area contributed by atoms with Crippen LogP contribution in [0.1, 0.15) is 24.1 Å². The maximum atomic E-state index is 14.7. The van der Waals surface area contributed by atoms with Crippen molar-refractivity contribution in [2.45, 2.75) is 12.8 Å². The van der Waals surface area contributed by atoms with Gasteiger partial charge in [0.1, 0.15) is 5.82 Å². The van der Waals surface area contributed by atoms with E-state index in [4.69, 9.17) is 32.5 Å². The highest BCUT2D eigenvalue weighted by Crippen LogP contribution is 2.30. The number of benzene rings is 2. The van der Waals surface area contributed by atoms with Crippen LogP contribution in [0.2, 0.25) is 0 Å². The first-order valence-corrected chi connectivity index (χ1v) is 11.7. The summed E-state index contributed by atoms with van der Waals surface area (Å²) in [5.74, 6) is 0.296. The molecule has 1 aromatic heterocycles. The molecule has 1 unspecified atom stereocenters. The van der Waals surface area contributed by atoms with E-state index in [1.807, 2.05) is 48.2 Å². The molecule has 34 heavy (non-hydrogen) atoms. The predicted molar refractivity (Wildman–Crippen MR) is 124 cm³/mol. The average molecular weight is 493 g/mol. The predicted octanol–water partition coefficient (Wildman–Crippen LogP) is 3.26. The molecule has 0 radical (unpaired) electrons. The van der Waals surface area contributed by atoms with Crippen molar-refractivity contribution in [3.63, 3.8) is 0 Å². The van der Waals surface area contributed by atoms with Crippen LogP contribution in [0.4, 0.5) is 10.3 Å². The number of guanidine groups is 1. The summed E-state index contributed by atoms with van der Waals surface area (Å²) in [5, 5.41) is 4.10. The zero-order valence-corrected chi connectivity index (χ0v) is 19.2. The molecular weight excluding hydrogens is 467 g/mol. The van der Waals surface area contributed by atoms with Gasteiger partial charge in [-0.2, -0.15) is 13.4 Å². The van der Waals surface area contributed by atoms with Crippen LogP contribution >= 0.6 is 0 Å². The van der Waals surface area contributed by atoms with Crippen LogP contribution in [0.3, 0.4) is 0 Å². The quantitative estimate of drug-likeness (QED) is 0.283. The Morgan fingerprint density at radius 3 is 2.41 bits per heavy atom.